The third-order valence-electron chi connectivity index (χ3n) is 3.86. The molecular formula is C16H25N3O. The number of hydrogen-bond donors (Lipinski definition) is 2. The number of nitrogens with zero attached hydrogens (tertiary/aromatic N) is 1. The van der Waals surface area contributed by atoms with Crippen molar-refractivity contribution in [2.24, 2.45) is 11.1 Å². The van der Waals surface area contributed by atoms with Crippen LogP contribution < -0.4 is 11.1 Å². The standard InChI is InChI=1S/C16H25N3O/c1-16(2)7-9-19(12-16)8-6-15(20)18-14-5-3-4-13(10-14)11-17/h3-5,10H,6-9,11-12,17H2,1-2H3,(H,18,20). The maximum absolute atomic E-state index is 12.0. The van der Waals surface area contributed by atoms with Crippen LogP contribution in [0, 0.1) is 5.41 Å². The first-order valence-corrected chi connectivity index (χ1v) is 7.30. The van der Waals surface area contributed by atoms with Crippen molar-refractivity contribution in [2.75, 3.05) is 25.0 Å². The van der Waals surface area contributed by atoms with Crippen LogP contribution in [0.5, 0.6) is 0 Å². The van der Waals surface area contributed by atoms with Gasteiger partial charge in [-0.2, -0.15) is 0 Å². The number of benzene rings is 1. The van der Waals surface area contributed by atoms with Crippen molar-refractivity contribution >= 4 is 11.6 Å². The van der Waals surface area contributed by atoms with Crippen molar-refractivity contribution < 1.29 is 4.79 Å². The van der Waals surface area contributed by atoms with Gasteiger partial charge in [0.1, 0.15) is 0 Å². The summed E-state index contributed by atoms with van der Waals surface area (Å²) in [6, 6.07) is 7.70. The average molecular weight is 275 g/mol. The maximum Gasteiger partial charge on any atom is 0.225 e. The quantitative estimate of drug-likeness (QED) is 0.866. The summed E-state index contributed by atoms with van der Waals surface area (Å²) in [5, 5.41) is 2.94. The van der Waals surface area contributed by atoms with Gasteiger partial charge in [-0.05, 0) is 36.1 Å². The number of hydrogen-bond acceptors (Lipinski definition) is 3. The minimum atomic E-state index is 0.0730. The van der Waals surface area contributed by atoms with Gasteiger partial charge in [-0.3, -0.25) is 4.79 Å². The second-order valence-electron chi connectivity index (χ2n) is 6.39. The van der Waals surface area contributed by atoms with Crippen LogP contribution in [0.25, 0.3) is 0 Å². The van der Waals surface area contributed by atoms with Gasteiger partial charge in [0.25, 0.3) is 0 Å². The molecule has 0 spiro atoms. The van der Waals surface area contributed by atoms with Crippen molar-refractivity contribution in [3.63, 3.8) is 0 Å². The van der Waals surface area contributed by atoms with Crippen LogP contribution in [-0.4, -0.2) is 30.4 Å². The van der Waals surface area contributed by atoms with Crippen LogP contribution in [0.3, 0.4) is 0 Å². The number of rotatable bonds is 5. The van der Waals surface area contributed by atoms with E-state index in [1.54, 1.807) is 0 Å². The summed E-state index contributed by atoms with van der Waals surface area (Å²) in [7, 11) is 0. The van der Waals surface area contributed by atoms with Crippen LogP contribution in [0.15, 0.2) is 24.3 Å². The molecule has 1 fully saturated rings. The number of nitrogens with two attached hydrogens (primary N) is 1. The predicted octanol–water partition coefficient (Wildman–Crippen LogP) is 2.21. The lowest BCUT2D eigenvalue weighted by atomic mass is 9.93. The fraction of sp³-hybridized carbons (Fsp3) is 0.562. The summed E-state index contributed by atoms with van der Waals surface area (Å²) in [6.07, 6.45) is 1.76. The highest BCUT2D eigenvalue weighted by atomic mass is 16.1. The fourth-order valence-corrected chi connectivity index (χ4v) is 2.67. The van der Waals surface area contributed by atoms with Gasteiger partial charge in [-0.1, -0.05) is 26.0 Å². The van der Waals surface area contributed by atoms with Gasteiger partial charge in [0.2, 0.25) is 5.91 Å². The van der Waals surface area contributed by atoms with Gasteiger partial charge >= 0.3 is 0 Å². The summed E-state index contributed by atoms with van der Waals surface area (Å²) in [5.41, 5.74) is 7.86. The van der Waals surface area contributed by atoms with Crippen molar-refractivity contribution in [3.8, 4) is 0 Å². The molecule has 0 unspecified atom stereocenters. The molecule has 4 heteroatoms. The van der Waals surface area contributed by atoms with Crippen LogP contribution in [0.4, 0.5) is 5.69 Å². The second kappa shape index (κ2) is 6.37. The Hall–Kier alpha value is -1.39. The number of nitrogens with one attached hydrogen (secondary N) is 1. The van der Waals surface area contributed by atoms with Crippen molar-refractivity contribution in [1.82, 2.24) is 4.90 Å². The molecular weight excluding hydrogens is 250 g/mol. The molecule has 0 atom stereocenters. The highest BCUT2D eigenvalue weighted by molar-refractivity contribution is 5.90. The Morgan fingerprint density at radius 2 is 2.25 bits per heavy atom. The summed E-state index contributed by atoms with van der Waals surface area (Å²) in [6.45, 7) is 8.08. The SMILES string of the molecule is CC1(C)CCN(CCC(=O)Nc2cccc(CN)c2)C1. The molecule has 2 rings (SSSR count). The first-order valence-electron chi connectivity index (χ1n) is 7.30. The Kier molecular flexibility index (Phi) is 4.78. The predicted molar refractivity (Wildman–Crippen MR) is 82.4 cm³/mol. The molecule has 1 heterocycles. The molecule has 0 saturated carbocycles. The molecule has 0 bridgehead atoms. The molecule has 0 aliphatic carbocycles. The van der Waals surface area contributed by atoms with E-state index in [-0.39, 0.29) is 5.91 Å². The molecule has 1 aromatic carbocycles. The van der Waals surface area contributed by atoms with E-state index in [1.807, 2.05) is 24.3 Å². The van der Waals surface area contributed by atoms with E-state index in [9.17, 15) is 4.79 Å². The molecule has 1 amide bonds. The van der Waals surface area contributed by atoms with Gasteiger partial charge in [-0.25, -0.2) is 0 Å². The van der Waals surface area contributed by atoms with E-state index in [0.29, 0.717) is 18.4 Å². The number of anilines is 1. The Morgan fingerprint density at radius 1 is 1.45 bits per heavy atom. The largest absolute Gasteiger partial charge is 0.326 e. The lowest BCUT2D eigenvalue weighted by Crippen LogP contribution is -2.27. The van der Waals surface area contributed by atoms with Crippen LogP contribution in [0.2, 0.25) is 0 Å². The first kappa shape index (κ1) is 15.0. The Bertz CT molecular complexity index is 471. The van der Waals surface area contributed by atoms with Crippen LogP contribution in [-0.2, 0) is 11.3 Å². The van der Waals surface area contributed by atoms with E-state index in [1.165, 1.54) is 6.42 Å². The van der Waals surface area contributed by atoms with Crippen molar-refractivity contribution in [2.45, 2.75) is 33.2 Å². The van der Waals surface area contributed by atoms with Gasteiger partial charge in [-0.15, -0.1) is 0 Å². The first-order chi connectivity index (χ1) is 9.48. The zero-order chi connectivity index (χ0) is 14.6. The van der Waals surface area contributed by atoms with E-state index < -0.39 is 0 Å². The number of likely N-dealkylation sites (tertiary alicyclic amines) is 1. The molecule has 1 aliphatic heterocycles. The third kappa shape index (κ3) is 4.32. The molecule has 0 aromatic heterocycles. The Balaban J connectivity index is 1.78. The molecule has 110 valence electrons. The lowest BCUT2D eigenvalue weighted by molar-refractivity contribution is -0.116. The third-order valence-corrected chi connectivity index (χ3v) is 3.86. The van der Waals surface area contributed by atoms with E-state index in [2.05, 4.69) is 24.1 Å². The lowest BCUT2D eigenvalue weighted by Gasteiger charge is -2.19. The van der Waals surface area contributed by atoms with Crippen molar-refractivity contribution in [1.29, 1.82) is 0 Å². The summed E-state index contributed by atoms with van der Waals surface area (Å²) in [4.78, 5) is 14.3. The molecule has 1 aromatic rings. The maximum atomic E-state index is 12.0. The summed E-state index contributed by atoms with van der Waals surface area (Å²) < 4.78 is 0. The topological polar surface area (TPSA) is 58.4 Å². The summed E-state index contributed by atoms with van der Waals surface area (Å²) >= 11 is 0. The van der Waals surface area contributed by atoms with E-state index in [4.69, 9.17) is 5.73 Å². The minimum absolute atomic E-state index is 0.0730. The monoisotopic (exact) mass is 275 g/mol. The molecule has 1 aliphatic rings. The molecule has 0 radical (unpaired) electrons. The Morgan fingerprint density at radius 3 is 2.90 bits per heavy atom. The van der Waals surface area contributed by atoms with Gasteiger partial charge < -0.3 is 16.0 Å². The van der Waals surface area contributed by atoms with Crippen LogP contribution in [0.1, 0.15) is 32.3 Å². The van der Waals surface area contributed by atoms with Gasteiger partial charge in [0.05, 0.1) is 0 Å². The highest BCUT2D eigenvalue weighted by Gasteiger charge is 2.28. The van der Waals surface area contributed by atoms with E-state index in [0.717, 1.165) is 30.9 Å². The highest BCUT2D eigenvalue weighted by Crippen LogP contribution is 2.28. The molecule has 20 heavy (non-hydrogen) atoms. The van der Waals surface area contributed by atoms with Gasteiger partial charge in [0.15, 0.2) is 0 Å². The Labute approximate surface area is 121 Å². The molecule has 1 saturated heterocycles. The molecule has 3 N–H and O–H groups in total. The number of carbonyl (C=O) groups is 1. The zero-order valence-electron chi connectivity index (χ0n) is 12.5. The minimum Gasteiger partial charge on any atom is -0.326 e. The smallest absolute Gasteiger partial charge is 0.225 e. The summed E-state index contributed by atoms with van der Waals surface area (Å²) in [5.74, 6) is 0.0730. The molecule has 4 nitrogen and oxygen atoms in total. The van der Waals surface area contributed by atoms with E-state index >= 15 is 0 Å². The number of carbonyl (C=O) groups excluding carboxylic acids is 1. The van der Waals surface area contributed by atoms with Crippen molar-refractivity contribution in [3.05, 3.63) is 29.8 Å². The normalized spacial score (nSPS) is 18.1. The number of amides is 1. The average Bonchev–Trinajstić information content (AvgIpc) is 2.76. The van der Waals surface area contributed by atoms with Gasteiger partial charge in [0, 0.05) is 31.7 Å². The van der Waals surface area contributed by atoms with Crippen LogP contribution >= 0.6 is 0 Å². The fourth-order valence-electron chi connectivity index (χ4n) is 2.67. The second-order valence-corrected chi connectivity index (χ2v) is 6.39. The zero-order valence-corrected chi connectivity index (χ0v) is 12.5.